The number of hydrogen-bond donors (Lipinski definition) is 3. The lowest BCUT2D eigenvalue weighted by molar-refractivity contribution is -0.115. The summed E-state index contributed by atoms with van der Waals surface area (Å²) in [7, 11) is -3.60. The molecule has 1 aromatic rings. The van der Waals surface area contributed by atoms with Gasteiger partial charge in [-0.3, -0.25) is 4.79 Å². The number of aliphatic hydroxyl groups is 1. The van der Waals surface area contributed by atoms with Gasteiger partial charge in [-0.05, 0) is 43.5 Å². The Bertz CT molecular complexity index is 613. The number of rotatable bonds is 6. The zero-order chi connectivity index (χ0) is 14.8. The van der Waals surface area contributed by atoms with Crippen LogP contribution in [0, 0.1) is 0 Å². The van der Waals surface area contributed by atoms with E-state index < -0.39 is 10.0 Å². The second-order valence-electron chi connectivity index (χ2n) is 4.93. The monoisotopic (exact) mass is 298 g/mol. The van der Waals surface area contributed by atoms with Gasteiger partial charge in [-0.15, -0.1) is 0 Å². The van der Waals surface area contributed by atoms with Crippen LogP contribution in [0.25, 0.3) is 0 Å². The highest BCUT2D eigenvalue weighted by atomic mass is 32.2. The summed E-state index contributed by atoms with van der Waals surface area (Å²) < 4.78 is 27.0. The molecule has 0 radical (unpaired) electrons. The zero-order valence-corrected chi connectivity index (χ0v) is 12.0. The molecule has 0 saturated carbocycles. The molecule has 2 rings (SSSR count). The van der Waals surface area contributed by atoms with Crippen LogP contribution in [0.2, 0.25) is 0 Å². The van der Waals surface area contributed by atoms with E-state index in [1.165, 1.54) is 12.1 Å². The molecule has 1 heterocycles. The van der Waals surface area contributed by atoms with Crippen molar-refractivity contribution in [1.82, 2.24) is 4.72 Å². The number of fused-ring (bicyclic) bond motifs is 1. The molecule has 0 fully saturated rings. The van der Waals surface area contributed by atoms with Crippen molar-refractivity contribution in [2.24, 2.45) is 0 Å². The molecule has 7 heteroatoms. The summed E-state index contributed by atoms with van der Waals surface area (Å²) in [4.78, 5) is 11.4. The summed E-state index contributed by atoms with van der Waals surface area (Å²) in [6.07, 6.45) is 1.33. The lowest BCUT2D eigenvalue weighted by Crippen LogP contribution is -2.32. The average Bonchev–Trinajstić information content (AvgIpc) is 2.74. The second-order valence-corrected chi connectivity index (χ2v) is 6.65. The lowest BCUT2D eigenvalue weighted by Gasteiger charge is -2.14. The van der Waals surface area contributed by atoms with E-state index >= 15 is 0 Å². The maximum Gasteiger partial charge on any atom is 0.240 e. The Balaban J connectivity index is 2.14. The lowest BCUT2D eigenvalue weighted by atomic mass is 10.2. The van der Waals surface area contributed by atoms with Crippen LogP contribution in [0.15, 0.2) is 23.1 Å². The minimum absolute atomic E-state index is 0.0404. The van der Waals surface area contributed by atoms with Gasteiger partial charge in [0.25, 0.3) is 0 Å². The number of aliphatic hydroxyl groups excluding tert-OH is 1. The Morgan fingerprint density at radius 3 is 2.90 bits per heavy atom. The van der Waals surface area contributed by atoms with Crippen molar-refractivity contribution >= 4 is 21.6 Å². The van der Waals surface area contributed by atoms with Gasteiger partial charge >= 0.3 is 0 Å². The number of carbonyl (C=O) groups excluding carboxylic acids is 1. The van der Waals surface area contributed by atoms with E-state index in [2.05, 4.69) is 10.0 Å². The molecule has 0 spiro atoms. The Labute approximate surface area is 118 Å². The number of anilines is 1. The molecule has 6 nitrogen and oxygen atoms in total. The van der Waals surface area contributed by atoms with Crippen LogP contribution in [0.4, 0.5) is 5.69 Å². The highest BCUT2D eigenvalue weighted by Gasteiger charge is 2.22. The molecule has 1 amide bonds. The first kappa shape index (κ1) is 15.0. The molecular formula is C13H18N2O4S. The van der Waals surface area contributed by atoms with Gasteiger partial charge in [-0.2, -0.15) is 0 Å². The van der Waals surface area contributed by atoms with Gasteiger partial charge in [-0.1, -0.05) is 0 Å². The minimum Gasteiger partial charge on any atom is -0.396 e. The van der Waals surface area contributed by atoms with E-state index in [1.807, 2.05) is 0 Å². The Morgan fingerprint density at radius 1 is 1.45 bits per heavy atom. The molecule has 0 saturated heterocycles. The fourth-order valence-electron chi connectivity index (χ4n) is 2.16. The second kappa shape index (κ2) is 5.90. The maximum absolute atomic E-state index is 12.2. The third-order valence-corrected chi connectivity index (χ3v) is 4.75. The van der Waals surface area contributed by atoms with E-state index in [0.717, 1.165) is 0 Å². The topological polar surface area (TPSA) is 95.5 Å². The first-order chi connectivity index (χ1) is 9.42. The number of hydrogen-bond acceptors (Lipinski definition) is 4. The van der Waals surface area contributed by atoms with Gasteiger partial charge in [0.15, 0.2) is 0 Å². The van der Waals surface area contributed by atoms with Crippen LogP contribution >= 0.6 is 0 Å². The highest BCUT2D eigenvalue weighted by Crippen LogP contribution is 2.25. The Kier molecular flexibility index (Phi) is 4.42. The summed E-state index contributed by atoms with van der Waals surface area (Å²) >= 11 is 0. The van der Waals surface area contributed by atoms with Gasteiger partial charge in [-0.25, -0.2) is 13.1 Å². The summed E-state index contributed by atoms with van der Waals surface area (Å²) in [6, 6.07) is 4.35. The normalized spacial score (nSPS) is 15.8. The first-order valence-corrected chi connectivity index (χ1v) is 7.96. The number of benzene rings is 1. The fourth-order valence-corrected chi connectivity index (χ4v) is 3.49. The molecule has 0 aliphatic carbocycles. The largest absolute Gasteiger partial charge is 0.396 e. The number of amides is 1. The molecule has 20 heavy (non-hydrogen) atoms. The van der Waals surface area contributed by atoms with Crippen molar-refractivity contribution in [3.8, 4) is 0 Å². The van der Waals surface area contributed by atoms with E-state index in [9.17, 15) is 13.2 Å². The standard InChI is InChI=1S/C13H18N2O4S/c1-9(3-2-6-16)15-20(18,19)11-4-5-12-10(7-11)8-13(17)14-12/h4-5,7,9,15-16H,2-3,6,8H2,1H3,(H,14,17). The van der Waals surface area contributed by atoms with Gasteiger partial charge in [0.1, 0.15) is 0 Å². The molecule has 1 unspecified atom stereocenters. The van der Waals surface area contributed by atoms with Crippen molar-refractivity contribution < 1.29 is 18.3 Å². The van der Waals surface area contributed by atoms with Crippen LogP contribution in [0.3, 0.4) is 0 Å². The Hall–Kier alpha value is -1.44. The molecule has 3 N–H and O–H groups in total. The zero-order valence-electron chi connectivity index (χ0n) is 11.2. The smallest absolute Gasteiger partial charge is 0.240 e. The van der Waals surface area contributed by atoms with Crippen molar-refractivity contribution in [3.05, 3.63) is 23.8 Å². The molecule has 1 atom stereocenters. The van der Waals surface area contributed by atoms with Gasteiger partial charge in [0.05, 0.1) is 11.3 Å². The number of carbonyl (C=O) groups is 1. The van der Waals surface area contributed by atoms with Crippen molar-refractivity contribution in [1.29, 1.82) is 0 Å². The van der Waals surface area contributed by atoms with E-state index in [0.29, 0.717) is 24.1 Å². The fraction of sp³-hybridized carbons (Fsp3) is 0.462. The summed E-state index contributed by atoms with van der Waals surface area (Å²) in [5.74, 6) is -0.126. The van der Waals surface area contributed by atoms with Crippen LogP contribution in [-0.2, 0) is 21.2 Å². The average molecular weight is 298 g/mol. The Morgan fingerprint density at radius 2 is 2.20 bits per heavy atom. The van der Waals surface area contributed by atoms with Gasteiger partial charge < -0.3 is 10.4 Å². The molecule has 0 bridgehead atoms. The number of nitrogens with one attached hydrogen (secondary N) is 2. The number of sulfonamides is 1. The maximum atomic E-state index is 12.2. The van der Waals surface area contributed by atoms with Gasteiger partial charge in [0.2, 0.25) is 15.9 Å². The van der Waals surface area contributed by atoms with Crippen molar-refractivity contribution in [2.45, 2.75) is 37.1 Å². The molecule has 110 valence electrons. The van der Waals surface area contributed by atoms with E-state index in [4.69, 9.17) is 5.11 Å². The predicted octanol–water partition coefficient (Wildman–Crippen LogP) is 0.620. The third-order valence-electron chi connectivity index (χ3n) is 3.16. The van der Waals surface area contributed by atoms with Gasteiger partial charge in [0, 0.05) is 18.3 Å². The molecule has 1 aliphatic heterocycles. The first-order valence-electron chi connectivity index (χ1n) is 6.48. The van der Waals surface area contributed by atoms with Crippen LogP contribution < -0.4 is 10.0 Å². The predicted molar refractivity (Wildman–Crippen MR) is 74.9 cm³/mol. The van der Waals surface area contributed by atoms with Crippen LogP contribution in [-0.4, -0.2) is 32.1 Å². The molecule has 0 aromatic heterocycles. The van der Waals surface area contributed by atoms with E-state index in [1.54, 1.807) is 13.0 Å². The SMILES string of the molecule is CC(CCCO)NS(=O)(=O)c1ccc2c(c1)CC(=O)N2. The molecule has 1 aromatic carbocycles. The van der Waals surface area contributed by atoms with E-state index in [-0.39, 0.29) is 29.9 Å². The van der Waals surface area contributed by atoms with Crippen LogP contribution in [0.5, 0.6) is 0 Å². The summed E-state index contributed by atoms with van der Waals surface area (Å²) in [6.45, 7) is 1.80. The summed E-state index contributed by atoms with van der Waals surface area (Å²) in [5.41, 5.74) is 1.36. The van der Waals surface area contributed by atoms with Crippen molar-refractivity contribution in [3.63, 3.8) is 0 Å². The molecule has 1 aliphatic rings. The molecular weight excluding hydrogens is 280 g/mol. The van der Waals surface area contributed by atoms with Crippen LogP contribution in [0.1, 0.15) is 25.3 Å². The third kappa shape index (κ3) is 3.36. The summed E-state index contributed by atoms with van der Waals surface area (Å²) in [5, 5.41) is 11.4. The van der Waals surface area contributed by atoms with Crippen molar-refractivity contribution in [2.75, 3.05) is 11.9 Å². The quantitative estimate of drug-likeness (QED) is 0.717. The minimum atomic E-state index is -3.60. The highest BCUT2D eigenvalue weighted by molar-refractivity contribution is 7.89.